The molecule has 0 unspecified atom stereocenters. The first-order chi connectivity index (χ1) is 13.1. The number of fused-ring (bicyclic) bond motifs is 3. The number of nitrogens with one attached hydrogen (secondary N) is 1. The third kappa shape index (κ3) is 4.05. The molecule has 0 aromatic carbocycles. The average Bonchev–Trinajstić information content (AvgIpc) is 3.02. The summed E-state index contributed by atoms with van der Waals surface area (Å²) in [6.07, 6.45) is 4.04. The molecule has 1 fully saturated rings. The molecule has 0 bridgehead atoms. The predicted octanol–water partition coefficient (Wildman–Crippen LogP) is 3.30. The van der Waals surface area contributed by atoms with Gasteiger partial charge in [-0.3, -0.25) is 0 Å². The number of aryl methyl sites for hydroxylation is 2. The van der Waals surface area contributed by atoms with Crippen LogP contribution in [0.15, 0.2) is 12.4 Å². The Bertz CT molecular complexity index is 929. The van der Waals surface area contributed by atoms with Gasteiger partial charge in [0, 0.05) is 43.8 Å². The fourth-order valence-electron chi connectivity index (χ4n) is 3.77. The standard InChI is InChI=1S/C20H28N6S/c1-14-12-15(2)24-20-16(14)17-18(27-20)19(23-13-22-17)21-6-4-5-7-26-10-8-25(3)9-11-26/h12-13H,4-11H2,1-3H3,(H,21,22,23). The van der Waals surface area contributed by atoms with E-state index in [0.29, 0.717) is 0 Å². The quantitative estimate of drug-likeness (QED) is 0.658. The van der Waals surface area contributed by atoms with Gasteiger partial charge in [0.1, 0.15) is 17.0 Å². The monoisotopic (exact) mass is 384 g/mol. The van der Waals surface area contributed by atoms with E-state index in [4.69, 9.17) is 4.98 Å². The predicted molar refractivity (Wildman–Crippen MR) is 114 cm³/mol. The van der Waals surface area contributed by atoms with Crippen molar-refractivity contribution in [1.82, 2.24) is 24.8 Å². The van der Waals surface area contributed by atoms with Crippen molar-refractivity contribution >= 4 is 37.6 Å². The van der Waals surface area contributed by atoms with Gasteiger partial charge in [0.2, 0.25) is 0 Å². The number of likely N-dealkylation sites (N-methyl/N-ethyl adjacent to an activating group) is 1. The number of aromatic nitrogens is 3. The molecule has 0 atom stereocenters. The highest BCUT2D eigenvalue weighted by molar-refractivity contribution is 7.26. The Morgan fingerprint density at radius 2 is 1.93 bits per heavy atom. The van der Waals surface area contributed by atoms with E-state index in [-0.39, 0.29) is 0 Å². The molecule has 4 rings (SSSR count). The van der Waals surface area contributed by atoms with Crippen molar-refractivity contribution in [3.63, 3.8) is 0 Å². The number of nitrogens with zero attached hydrogens (tertiary/aromatic N) is 5. The van der Waals surface area contributed by atoms with Crippen LogP contribution in [0.5, 0.6) is 0 Å². The highest BCUT2D eigenvalue weighted by atomic mass is 32.1. The van der Waals surface area contributed by atoms with Crippen molar-refractivity contribution in [2.45, 2.75) is 26.7 Å². The molecule has 1 saturated heterocycles. The lowest BCUT2D eigenvalue weighted by Gasteiger charge is -2.32. The van der Waals surface area contributed by atoms with E-state index in [2.05, 4.69) is 45.1 Å². The molecule has 7 heteroatoms. The maximum Gasteiger partial charge on any atom is 0.147 e. The molecule has 4 heterocycles. The van der Waals surface area contributed by atoms with E-state index < -0.39 is 0 Å². The van der Waals surface area contributed by atoms with Gasteiger partial charge < -0.3 is 15.1 Å². The van der Waals surface area contributed by atoms with Crippen molar-refractivity contribution in [1.29, 1.82) is 0 Å². The van der Waals surface area contributed by atoms with Gasteiger partial charge in [-0.05, 0) is 51.9 Å². The lowest BCUT2D eigenvalue weighted by molar-refractivity contribution is 0.152. The third-order valence-electron chi connectivity index (χ3n) is 5.34. The summed E-state index contributed by atoms with van der Waals surface area (Å²) in [4.78, 5) is 19.8. The van der Waals surface area contributed by atoms with E-state index in [1.165, 1.54) is 50.1 Å². The van der Waals surface area contributed by atoms with Gasteiger partial charge in [-0.15, -0.1) is 11.3 Å². The van der Waals surface area contributed by atoms with E-state index in [1.54, 1.807) is 17.7 Å². The minimum Gasteiger partial charge on any atom is -0.369 e. The number of rotatable bonds is 6. The van der Waals surface area contributed by atoms with Gasteiger partial charge in [-0.25, -0.2) is 15.0 Å². The van der Waals surface area contributed by atoms with E-state index in [0.717, 1.165) is 39.5 Å². The Kier molecular flexibility index (Phi) is 5.52. The number of thiophene rings is 1. The van der Waals surface area contributed by atoms with Crippen LogP contribution in [0.25, 0.3) is 20.4 Å². The molecule has 0 radical (unpaired) electrons. The summed E-state index contributed by atoms with van der Waals surface area (Å²) in [5.41, 5.74) is 3.31. The largest absolute Gasteiger partial charge is 0.369 e. The summed E-state index contributed by atoms with van der Waals surface area (Å²) in [5.74, 6) is 0.944. The van der Waals surface area contributed by atoms with Crippen molar-refractivity contribution in [2.75, 3.05) is 51.6 Å². The van der Waals surface area contributed by atoms with Gasteiger partial charge in [-0.1, -0.05) is 0 Å². The van der Waals surface area contributed by atoms with Crippen molar-refractivity contribution in [3.05, 3.63) is 23.7 Å². The number of hydrogen-bond acceptors (Lipinski definition) is 7. The van der Waals surface area contributed by atoms with Gasteiger partial charge in [0.05, 0.1) is 10.2 Å². The minimum absolute atomic E-state index is 0.944. The molecule has 0 aliphatic carbocycles. The zero-order valence-corrected chi connectivity index (χ0v) is 17.3. The SMILES string of the molecule is Cc1cc(C)c2c(n1)sc1c(NCCCCN3CCN(C)CC3)ncnc12. The van der Waals surface area contributed by atoms with Crippen LogP contribution < -0.4 is 5.32 Å². The number of anilines is 1. The van der Waals surface area contributed by atoms with E-state index >= 15 is 0 Å². The first-order valence-corrected chi connectivity index (χ1v) is 10.6. The molecule has 1 N–H and O–H groups in total. The van der Waals surface area contributed by atoms with Crippen LogP contribution in [0.1, 0.15) is 24.1 Å². The molecule has 0 spiro atoms. The van der Waals surface area contributed by atoms with Gasteiger partial charge in [0.15, 0.2) is 0 Å². The summed E-state index contributed by atoms with van der Waals surface area (Å²) >= 11 is 1.69. The smallest absolute Gasteiger partial charge is 0.147 e. The molecule has 0 saturated carbocycles. The molecule has 27 heavy (non-hydrogen) atoms. The Hall–Kier alpha value is -1.83. The van der Waals surface area contributed by atoms with Crippen LogP contribution in [0, 0.1) is 13.8 Å². The minimum atomic E-state index is 0.944. The second kappa shape index (κ2) is 8.04. The van der Waals surface area contributed by atoms with Crippen molar-refractivity contribution < 1.29 is 0 Å². The topological polar surface area (TPSA) is 57.2 Å². The highest BCUT2D eigenvalue weighted by Crippen LogP contribution is 2.36. The lowest BCUT2D eigenvalue weighted by atomic mass is 10.1. The summed E-state index contributed by atoms with van der Waals surface area (Å²) in [6.45, 7) is 11.1. The average molecular weight is 385 g/mol. The number of hydrogen-bond donors (Lipinski definition) is 1. The summed E-state index contributed by atoms with van der Waals surface area (Å²) in [6, 6.07) is 2.13. The van der Waals surface area contributed by atoms with Gasteiger partial charge in [0.25, 0.3) is 0 Å². The Morgan fingerprint density at radius 1 is 1.11 bits per heavy atom. The maximum absolute atomic E-state index is 4.70. The molecule has 6 nitrogen and oxygen atoms in total. The Labute approximate surface area is 164 Å². The van der Waals surface area contributed by atoms with Gasteiger partial charge in [-0.2, -0.15) is 0 Å². The van der Waals surface area contributed by atoms with Crippen LogP contribution in [-0.2, 0) is 0 Å². The number of piperazine rings is 1. The Balaban J connectivity index is 1.38. The third-order valence-corrected chi connectivity index (χ3v) is 6.42. The molecule has 1 aliphatic heterocycles. The first-order valence-electron chi connectivity index (χ1n) is 9.78. The summed E-state index contributed by atoms with van der Waals surface area (Å²) < 4.78 is 1.12. The zero-order chi connectivity index (χ0) is 18.8. The fraction of sp³-hybridized carbons (Fsp3) is 0.550. The molecule has 3 aromatic rings. The molecule has 3 aromatic heterocycles. The molecule has 0 amide bonds. The highest BCUT2D eigenvalue weighted by Gasteiger charge is 2.15. The molecule has 1 aliphatic rings. The number of pyridine rings is 1. The van der Waals surface area contributed by atoms with Crippen molar-refractivity contribution in [2.24, 2.45) is 0 Å². The second-order valence-electron chi connectivity index (χ2n) is 7.54. The maximum atomic E-state index is 4.70. The van der Waals surface area contributed by atoms with E-state index in [9.17, 15) is 0 Å². The van der Waals surface area contributed by atoms with Crippen LogP contribution >= 0.6 is 11.3 Å². The van der Waals surface area contributed by atoms with Crippen molar-refractivity contribution in [3.8, 4) is 0 Å². The second-order valence-corrected chi connectivity index (χ2v) is 8.54. The summed E-state index contributed by atoms with van der Waals surface area (Å²) in [5, 5.41) is 4.70. The fourth-order valence-corrected chi connectivity index (χ4v) is 4.99. The normalized spacial score (nSPS) is 16.4. The van der Waals surface area contributed by atoms with Crippen LogP contribution in [0.3, 0.4) is 0 Å². The molecule has 144 valence electrons. The molecular formula is C20H28N6S. The molecular weight excluding hydrogens is 356 g/mol. The number of unbranched alkanes of at least 4 members (excludes halogenated alkanes) is 1. The zero-order valence-electron chi connectivity index (χ0n) is 16.5. The van der Waals surface area contributed by atoms with Crippen LogP contribution in [-0.4, -0.2) is 71.1 Å². The van der Waals surface area contributed by atoms with Crippen LogP contribution in [0.2, 0.25) is 0 Å². The van der Waals surface area contributed by atoms with Crippen LogP contribution in [0.4, 0.5) is 5.82 Å². The summed E-state index contributed by atoms with van der Waals surface area (Å²) in [7, 11) is 2.20. The van der Waals surface area contributed by atoms with Gasteiger partial charge >= 0.3 is 0 Å². The Morgan fingerprint density at radius 3 is 2.74 bits per heavy atom. The van der Waals surface area contributed by atoms with E-state index in [1.807, 2.05) is 6.92 Å². The first kappa shape index (κ1) is 18.5. The lowest BCUT2D eigenvalue weighted by Crippen LogP contribution is -2.44.